The number of hydrogen-bond donors (Lipinski definition) is 2. The van der Waals surface area contributed by atoms with E-state index in [9.17, 15) is 19.2 Å². The van der Waals surface area contributed by atoms with Crippen molar-refractivity contribution in [2.24, 2.45) is 5.41 Å². The van der Waals surface area contributed by atoms with Crippen LogP contribution in [0.1, 0.15) is 73.6 Å². The van der Waals surface area contributed by atoms with Gasteiger partial charge in [0.15, 0.2) is 0 Å². The monoisotopic (exact) mass is 485 g/mol. The van der Waals surface area contributed by atoms with Crippen LogP contribution in [0, 0.1) is 5.41 Å². The maximum Gasteiger partial charge on any atom is 0.242 e. The van der Waals surface area contributed by atoms with Gasteiger partial charge >= 0.3 is 0 Å². The summed E-state index contributed by atoms with van der Waals surface area (Å²) >= 11 is 1.31. The van der Waals surface area contributed by atoms with Crippen molar-refractivity contribution >= 4 is 35.3 Å². The van der Waals surface area contributed by atoms with Gasteiger partial charge in [-0.25, -0.2) is 0 Å². The Morgan fingerprint density at radius 1 is 1.18 bits per heavy atom. The minimum absolute atomic E-state index is 0.00448. The number of thioether (sulfide) groups is 1. The SMILES string of the molecule is CNC(CSC1CC(=O)N(CCC(=O)NCCCC(C)(C)OCCC(C)(C)C)C1=O)C(C)=O. The van der Waals surface area contributed by atoms with Gasteiger partial charge in [0.1, 0.15) is 5.78 Å². The summed E-state index contributed by atoms with van der Waals surface area (Å²) in [6.45, 7) is 13.5. The lowest BCUT2D eigenvalue weighted by Crippen LogP contribution is -2.37. The van der Waals surface area contributed by atoms with Crippen LogP contribution in [0.15, 0.2) is 0 Å². The number of amides is 3. The summed E-state index contributed by atoms with van der Waals surface area (Å²) in [4.78, 5) is 49.7. The molecule has 1 aliphatic rings. The molecule has 0 aromatic heterocycles. The van der Waals surface area contributed by atoms with Crippen molar-refractivity contribution < 1.29 is 23.9 Å². The third-order valence-electron chi connectivity index (χ3n) is 5.69. The summed E-state index contributed by atoms with van der Waals surface area (Å²) < 4.78 is 6.00. The number of nitrogens with zero attached hydrogens (tertiary/aromatic N) is 1. The highest BCUT2D eigenvalue weighted by atomic mass is 32.2. The molecule has 0 bridgehead atoms. The summed E-state index contributed by atoms with van der Waals surface area (Å²) in [5, 5.41) is 5.29. The molecule has 2 atom stereocenters. The molecule has 0 spiro atoms. The van der Waals surface area contributed by atoms with Crippen molar-refractivity contribution in [1.29, 1.82) is 0 Å². The molecule has 1 fully saturated rings. The van der Waals surface area contributed by atoms with Crippen LogP contribution in [0.25, 0.3) is 0 Å². The van der Waals surface area contributed by atoms with E-state index in [4.69, 9.17) is 4.74 Å². The normalized spacial score (nSPS) is 18.0. The molecule has 3 amide bonds. The van der Waals surface area contributed by atoms with Gasteiger partial charge in [-0.2, -0.15) is 0 Å². The standard InChI is InChI=1S/C24H43N3O5S/c1-17(28)18(25-7)16-33-19-15-21(30)27(22(19)31)13-9-20(29)26-12-8-10-24(5,6)32-14-11-23(2,3)4/h18-19,25H,8-16H2,1-7H3,(H,26,29). The van der Waals surface area contributed by atoms with Crippen molar-refractivity contribution in [3.8, 4) is 0 Å². The number of hydrogen-bond acceptors (Lipinski definition) is 7. The first-order valence-corrected chi connectivity index (χ1v) is 12.8. The highest BCUT2D eigenvalue weighted by Gasteiger charge is 2.39. The summed E-state index contributed by atoms with van der Waals surface area (Å²) in [5.74, 6) is -0.283. The van der Waals surface area contributed by atoms with Gasteiger partial charge in [0.2, 0.25) is 17.7 Å². The van der Waals surface area contributed by atoms with Gasteiger partial charge in [0.05, 0.1) is 16.9 Å². The highest BCUT2D eigenvalue weighted by molar-refractivity contribution is 8.00. The fourth-order valence-electron chi connectivity index (χ4n) is 3.38. The maximum absolute atomic E-state index is 12.6. The van der Waals surface area contributed by atoms with Crippen LogP contribution < -0.4 is 10.6 Å². The van der Waals surface area contributed by atoms with Crippen molar-refractivity contribution in [3.05, 3.63) is 0 Å². The molecule has 2 unspecified atom stereocenters. The molecule has 0 aliphatic carbocycles. The minimum Gasteiger partial charge on any atom is -0.376 e. The average Bonchev–Trinajstić information content (AvgIpc) is 2.95. The predicted octanol–water partition coefficient (Wildman–Crippen LogP) is 2.54. The van der Waals surface area contributed by atoms with Crippen molar-refractivity contribution in [3.63, 3.8) is 0 Å². The summed E-state index contributed by atoms with van der Waals surface area (Å²) in [7, 11) is 1.69. The lowest BCUT2D eigenvalue weighted by molar-refractivity contribution is -0.138. The van der Waals surface area contributed by atoms with E-state index in [1.54, 1.807) is 7.05 Å². The van der Waals surface area contributed by atoms with Gasteiger partial charge in [-0.3, -0.25) is 24.1 Å². The molecular formula is C24H43N3O5S. The number of Topliss-reactive ketones (excluding diaryl/α,β-unsaturated/α-hetero) is 1. The van der Waals surface area contributed by atoms with Crippen molar-refractivity contribution in [2.75, 3.05) is 32.5 Å². The lowest BCUT2D eigenvalue weighted by atomic mass is 9.93. The molecule has 0 radical (unpaired) electrons. The number of nitrogens with one attached hydrogen (secondary N) is 2. The maximum atomic E-state index is 12.6. The Morgan fingerprint density at radius 2 is 1.85 bits per heavy atom. The van der Waals surface area contributed by atoms with Crippen LogP contribution in [0.2, 0.25) is 0 Å². The van der Waals surface area contributed by atoms with Crippen LogP contribution in [0.5, 0.6) is 0 Å². The number of carbonyl (C=O) groups excluding carboxylic acids is 4. The third kappa shape index (κ3) is 11.5. The average molecular weight is 486 g/mol. The second kappa shape index (κ2) is 13.4. The van der Waals surface area contributed by atoms with E-state index in [1.807, 2.05) is 0 Å². The number of likely N-dealkylation sites (tertiary alicyclic amines) is 1. The lowest BCUT2D eigenvalue weighted by Gasteiger charge is -2.27. The number of likely N-dealkylation sites (N-methyl/N-ethyl adjacent to an activating group) is 1. The highest BCUT2D eigenvalue weighted by Crippen LogP contribution is 2.26. The Balaban J connectivity index is 2.30. The Kier molecular flexibility index (Phi) is 12.0. The van der Waals surface area contributed by atoms with E-state index in [1.165, 1.54) is 23.6 Å². The molecule has 1 aliphatic heterocycles. The minimum atomic E-state index is -0.490. The van der Waals surface area contributed by atoms with Gasteiger partial charge in [-0.05, 0) is 52.5 Å². The second-order valence-electron chi connectivity index (χ2n) is 10.5. The topological polar surface area (TPSA) is 105 Å². The first kappa shape index (κ1) is 29.6. The number of ether oxygens (including phenoxy) is 1. The number of imide groups is 1. The number of carbonyl (C=O) groups is 4. The van der Waals surface area contributed by atoms with Gasteiger partial charge in [0.25, 0.3) is 0 Å². The van der Waals surface area contributed by atoms with E-state index in [2.05, 4.69) is 45.3 Å². The van der Waals surface area contributed by atoms with Crippen molar-refractivity contribution in [1.82, 2.24) is 15.5 Å². The van der Waals surface area contributed by atoms with Crippen molar-refractivity contribution in [2.45, 2.75) is 90.5 Å². The largest absolute Gasteiger partial charge is 0.376 e. The Morgan fingerprint density at radius 3 is 2.42 bits per heavy atom. The van der Waals surface area contributed by atoms with Gasteiger partial charge < -0.3 is 15.4 Å². The van der Waals surface area contributed by atoms with Crippen LogP contribution >= 0.6 is 11.8 Å². The number of ketones is 1. The molecule has 0 saturated carbocycles. The Hall–Kier alpha value is -1.45. The molecule has 0 aromatic rings. The van der Waals surface area contributed by atoms with E-state index in [-0.39, 0.29) is 59.9 Å². The first-order valence-electron chi connectivity index (χ1n) is 11.8. The summed E-state index contributed by atoms with van der Waals surface area (Å²) in [5.41, 5.74) is -0.00368. The molecule has 190 valence electrons. The number of rotatable bonds is 15. The molecule has 1 saturated heterocycles. The molecule has 1 rings (SSSR count). The molecule has 0 aromatic carbocycles. The van der Waals surface area contributed by atoms with E-state index < -0.39 is 5.25 Å². The molecule has 2 N–H and O–H groups in total. The van der Waals surface area contributed by atoms with Crippen LogP contribution in [0.4, 0.5) is 0 Å². The van der Waals surface area contributed by atoms with Gasteiger partial charge in [-0.15, -0.1) is 11.8 Å². The molecule has 1 heterocycles. The Bertz CT molecular complexity index is 690. The first-order chi connectivity index (χ1) is 15.3. The second-order valence-corrected chi connectivity index (χ2v) is 11.7. The molecule has 8 nitrogen and oxygen atoms in total. The van der Waals surface area contributed by atoms with E-state index in [0.717, 1.165) is 19.3 Å². The van der Waals surface area contributed by atoms with Gasteiger partial charge in [-0.1, -0.05) is 20.8 Å². The van der Waals surface area contributed by atoms with E-state index >= 15 is 0 Å². The Labute approximate surface area is 203 Å². The summed E-state index contributed by atoms with van der Waals surface area (Å²) in [6, 6.07) is -0.341. The van der Waals surface area contributed by atoms with Crippen LogP contribution in [-0.4, -0.2) is 77.8 Å². The van der Waals surface area contributed by atoms with Crippen LogP contribution in [0.3, 0.4) is 0 Å². The zero-order chi connectivity index (χ0) is 25.2. The van der Waals surface area contributed by atoms with Crippen LogP contribution in [-0.2, 0) is 23.9 Å². The third-order valence-corrected chi connectivity index (χ3v) is 6.99. The molecular weight excluding hydrogens is 442 g/mol. The quantitative estimate of drug-likeness (QED) is 0.271. The molecule has 9 heteroatoms. The molecule has 33 heavy (non-hydrogen) atoms. The predicted molar refractivity (Wildman–Crippen MR) is 132 cm³/mol. The smallest absolute Gasteiger partial charge is 0.242 e. The van der Waals surface area contributed by atoms with Gasteiger partial charge in [0, 0.05) is 38.3 Å². The zero-order valence-corrected chi connectivity index (χ0v) is 22.2. The summed E-state index contributed by atoms with van der Waals surface area (Å²) in [6.07, 6.45) is 2.81. The fraction of sp³-hybridized carbons (Fsp3) is 0.833. The fourth-order valence-corrected chi connectivity index (χ4v) is 4.74. The zero-order valence-electron chi connectivity index (χ0n) is 21.4. The van der Waals surface area contributed by atoms with E-state index in [0.29, 0.717) is 18.9 Å².